The Morgan fingerprint density at radius 3 is 2.43 bits per heavy atom. The van der Waals surface area contributed by atoms with Crippen molar-refractivity contribution in [3.8, 4) is 0 Å². The molecule has 3 nitrogen and oxygen atoms in total. The van der Waals surface area contributed by atoms with Crippen LogP contribution in [0.4, 0.5) is 13.2 Å². The van der Waals surface area contributed by atoms with Crippen LogP contribution in [0.5, 0.6) is 0 Å². The third-order valence-electron chi connectivity index (χ3n) is 1.46. The number of amidine groups is 1. The van der Waals surface area contributed by atoms with Gasteiger partial charge in [0.05, 0.1) is 0 Å². The molecule has 0 heterocycles. The number of hydrogen-bond acceptors (Lipinski definition) is 2. The molecule has 0 unspecified atom stereocenters. The maximum Gasteiger partial charge on any atom is 0.448 e. The van der Waals surface area contributed by atoms with Crippen molar-refractivity contribution in [3.05, 3.63) is 0 Å². The molecule has 0 atom stereocenters. The Morgan fingerprint density at radius 2 is 2.00 bits per heavy atom. The monoisotopic (exact) mass is 212 g/mol. The lowest BCUT2D eigenvalue weighted by atomic mass is 10.1. The Bertz CT molecular complexity index is 190. The normalized spacial score (nSPS) is 13.7. The Kier molecular flexibility index (Phi) is 5.52. The summed E-state index contributed by atoms with van der Waals surface area (Å²) in [5.41, 5.74) is 4.64. The van der Waals surface area contributed by atoms with Crippen LogP contribution < -0.4 is 5.73 Å². The number of aliphatic imine (C=N–C) groups is 1. The van der Waals surface area contributed by atoms with Gasteiger partial charge in [-0.3, -0.25) is 0 Å². The molecule has 0 aliphatic heterocycles. The smallest absolute Gasteiger partial charge is 0.380 e. The maximum atomic E-state index is 11.8. The van der Waals surface area contributed by atoms with Crippen molar-refractivity contribution in [2.24, 2.45) is 16.6 Å². The predicted octanol–water partition coefficient (Wildman–Crippen LogP) is 1.93. The zero-order valence-corrected chi connectivity index (χ0v) is 8.27. The van der Waals surface area contributed by atoms with Gasteiger partial charge < -0.3 is 10.5 Å². The second kappa shape index (κ2) is 5.85. The van der Waals surface area contributed by atoms with E-state index in [1.165, 1.54) is 0 Å². The van der Waals surface area contributed by atoms with Crippen LogP contribution in [-0.4, -0.2) is 25.3 Å². The summed E-state index contributed by atoms with van der Waals surface area (Å²) in [4.78, 5) is 3.04. The molecule has 0 radical (unpaired) electrons. The van der Waals surface area contributed by atoms with Crippen molar-refractivity contribution in [1.82, 2.24) is 0 Å². The summed E-state index contributed by atoms with van der Waals surface area (Å²) in [5, 5.41) is 0. The second-order valence-electron chi connectivity index (χ2n) is 3.26. The summed E-state index contributed by atoms with van der Waals surface area (Å²) in [6.07, 6.45) is -3.76. The van der Waals surface area contributed by atoms with Crippen LogP contribution in [0.3, 0.4) is 0 Å². The van der Waals surface area contributed by atoms with Crippen LogP contribution in [0.25, 0.3) is 0 Å². The van der Waals surface area contributed by atoms with Crippen molar-refractivity contribution >= 4 is 5.84 Å². The lowest BCUT2D eigenvalue weighted by molar-refractivity contribution is -0.0606. The van der Waals surface area contributed by atoms with Gasteiger partial charge in [0.15, 0.2) is 0 Å². The Labute approximate surface area is 81.1 Å². The summed E-state index contributed by atoms with van der Waals surface area (Å²) < 4.78 is 40.2. The van der Waals surface area contributed by atoms with Gasteiger partial charge in [0.2, 0.25) is 5.84 Å². The molecule has 0 aliphatic rings. The first-order valence-electron chi connectivity index (χ1n) is 4.29. The number of halogens is 3. The molecule has 0 fully saturated rings. The highest BCUT2D eigenvalue weighted by atomic mass is 19.4. The van der Waals surface area contributed by atoms with Crippen LogP contribution in [0.1, 0.15) is 20.3 Å². The van der Waals surface area contributed by atoms with E-state index in [0.717, 1.165) is 6.42 Å². The van der Waals surface area contributed by atoms with E-state index in [0.29, 0.717) is 12.5 Å². The van der Waals surface area contributed by atoms with E-state index in [9.17, 15) is 13.2 Å². The van der Waals surface area contributed by atoms with Crippen molar-refractivity contribution in [3.63, 3.8) is 0 Å². The highest BCUT2D eigenvalue weighted by Gasteiger charge is 2.33. The molecular formula is C8H15F3N2O. The summed E-state index contributed by atoms with van der Waals surface area (Å²) in [5.74, 6) is -0.888. The first kappa shape index (κ1) is 13.2. The third kappa shape index (κ3) is 6.71. The minimum Gasteiger partial charge on any atom is -0.380 e. The van der Waals surface area contributed by atoms with Gasteiger partial charge >= 0.3 is 6.18 Å². The van der Waals surface area contributed by atoms with Gasteiger partial charge in [-0.25, -0.2) is 4.99 Å². The van der Waals surface area contributed by atoms with Crippen LogP contribution in [0.2, 0.25) is 0 Å². The van der Waals surface area contributed by atoms with Gasteiger partial charge in [0.25, 0.3) is 0 Å². The molecule has 0 rings (SSSR count). The average Bonchev–Trinajstić information content (AvgIpc) is 2.01. The highest BCUT2D eigenvalue weighted by molar-refractivity contribution is 5.85. The quantitative estimate of drug-likeness (QED) is 0.430. The molecule has 0 spiro atoms. The van der Waals surface area contributed by atoms with Gasteiger partial charge in [0, 0.05) is 6.61 Å². The number of alkyl halides is 3. The van der Waals surface area contributed by atoms with Crippen LogP contribution >= 0.6 is 0 Å². The standard InChI is InChI=1S/C8H15F3N2O/c1-6(2)3-4-14-5-13-7(12)8(9,10)11/h6H,3-5H2,1-2H3,(H2,12,13). The van der Waals surface area contributed by atoms with E-state index >= 15 is 0 Å². The van der Waals surface area contributed by atoms with E-state index in [1.54, 1.807) is 0 Å². The minimum atomic E-state index is -4.55. The van der Waals surface area contributed by atoms with Gasteiger partial charge in [-0.15, -0.1) is 0 Å². The maximum absolute atomic E-state index is 11.8. The summed E-state index contributed by atoms with van der Waals surface area (Å²) in [7, 11) is 0. The molecule has 14 heavy (non-hydrogen) atoms. The number of ether oxygens (including phenoxy) is 1. The number of nitrogens with zero attached hydrogens (tertiary/aromatic N) is 1. The van der Waals surface area contributed by atoms with E-state index in [1.807, 2.05) is 13.8 Å². The van der Waals surface area contributed by atoms with E-state index in [2.05, 4.69) is 10.7 Å². The fourth-order valence-electron chi connectivity index (χ4n) is 0.588. The third-order valence-corrected chi connectivity index (χ3v) is 1.46. The molecule has 0 aromatic rings. The summed E-state index contributed by atoms with van der Waals surface area (Å²) >= 11 is 0. The van der Waals surface area contributed by atoms with E-state index < -0.39 is 12.0 Å². The van der Waals surface area contributed by atoms with Gasteiger partial charge in [-0.05, 0) is 12.3 Å². The molecule has 0 saturated heterocycles. The molecule has 0 bridgehead atoms. The minimum absolute atomic E-state index is 0.335. The van der Waals surface area contributed by atoms with E-state index in [4.69, 9.17) is 4.74 Å². The number of rotatable bonds is 5. The Hall–Kier alpha value is -0.780. The van der Waals surface area contributed by atoms with Crippen molar-refractivity contribution in [1.29, 1.82) is 0 Å². The molecule has 0 aliphatic carbocycles. The molecule has 0 aromatic carbocycles. The summed E-state index contributed by atoms with van der Waals surface area (Å²) in [6.45, 7) is 4.05. The molecule has 0 saturated carbocycles. The first-order chi connectivity index (χ1) is 6.34. The van der Waals surface area contributed by atoms with Crippen molar-refractivity contribution in [2.75, 3.05) is 13.3 Å². The lowest BCUT2D eigenvalue weighted by Crippen LogP contribution is -2.31. The predicted molar refractivity (Wildman–Crippen MR) is 48.0 cm³/mol. The lowest BCUT2D eigenvalue weighted by Gasteiger charge is -2.06. The van der Waals surface area contributed by atoms with Crippen molar-refractivity contribution < 1.29 is 17.9 Å². The second-order valence-corrected chi connectivity index (χ2v) is 3.26. The van der Waals surface area contributed by atoms with Crippen molar-refractivity contribution in [2.45, 2.75) is 26.4 Å². The first-order valence-corrected chi connectivity index (χ1v) is 4.29. The number of hydrogen-bond donors (Lipinski definition) is 1. The zero-order chi connectivity index (χ0) is 11.2. The Balaban J connectivity index is 3.62. The topological polar surface area (TPSA) is 47.6 Å². The fraction of sp³-hybridized carbons (Fsp3) is 0.875. The van der Waals surface area contributed by atoms with Crippen LogP contribution in [-0.2, 0) is 4.74 Å². The average molecular weight is 212 g/mol. The fourth-order valence-corrected chi connectivity index (χ4v) is 0.588. The molecule has 84 valence electrons. The Morgan fingerprint density at radius 1 is 1.43 bits per heavy atom. The van der Waals surface area contributed by atoms with Gasteiger partial charge in [0.1, 0.15) is 6.73 Å². The molecule has 0 amide bonds. The molecule has 0 aromatic heterocycles. The molecule has 6 heteroatoms. The largest absolute Gasteiger partial charge is 0.448 e. The number of nitrogens with two attached hydrogens (primary N) is 1. The summed E-state index contributed by atoms with van der Waals surface area (Å²) in [6, 6.07) is 0. The molecule has 2 N–H and O–H groups in total. The zero-order valence-electron chi connectivity index (χ0n) is 8.27. The van der Waals surface area contributed by atoms with Gasteiger partial charge in [-0.2, -0.15) is 13.2 Å². The SMILES string of the molecule is CC(C)CCOCN=C(N)C(F)(F)F. The molecular weight excluding hydrogens is 197 g/mol. The highest BCUT2D eigenvalue weighted by Crippen LogP contribution is 2.14. The van der Waals surface area contributed by atoms with Gasteiger partial charge in [-0.1, -0.05) is 13.8 Å². The van der Waals surface area contributed by atoms with E-state index in [-0.39, 0.29) is 6.73 Å². The van der Waals surface area contributed by atoms with Crippen LogP contribution in [0, 0.1) is 5.92 Å². The van der Waals surface area contributed by atoms with Crippen LogP contribution in [0.15, 0.2) is 4.99 Å².